The van der Waals surface area contributed by atoms with Crippen molar-refractivity contribution in [2.24, 2.45) is 0 Å². The van der Waals surface area contributed by atoms with E-state index < -0.39 is 10.0 Å². The largest absolute Gasteiger partial charge is 0.376 e. The van der Waals surface area contributed by atoms with Crippen LogP contribution in [-0.4, -0.2) is 31.3 Å². The van der Waals surface area contributed by atoms with E-state index in [1.165, 1.54) is 0 Å². The Labute approximate surface area is 140 Å². The van der Waals surface area contributed by atoms with Gasteiger partial charge >= 0.3 is 0 Å². The van der Waals surface area contributed by atoms with Crippen molar-refractivity contribution in [1.82, 2.24) is 14.5 Å². The molecule has 0 amide bonds. The second-order valence-electron chi connectivity index (χ2n) is 5.43. The van der Waals surface area contributed by atoms with Crippen LogP contribution in [-0.2, 0) is 40.1 Å². The van der Waals surface area contributed by atoms with Crippen molar-refractivity contribution in [2.45, 2.75) is 25.3 Å². The smallest absolute Gasteiger partial charge is 0.215 e. The highest BCUT2D eigenvalue weighted by Gasteiger charge is 2.16. The Bertz CT molecular complexity index is 789. The van der Waals surface area contributed by atoms with Gasteiger partial charge in [0.15, 0.2) is 0 Å². The van der Waals surface area contributed by atoms with Crippen LogP contribution in [0.5, 0.6) is 0 Å². The highest BCUT2D eigenvalue weighted by molar-refractivity contribution is 7.88. The van der Waals surface area contributed by atoms with Gasteiger partial charge in [-0.2, -0.15) is 5.10 Å². The summed E-state index contributed by atoms with van der Waals surface area (Å²) in [6.45, 7) is 2.07. The summed E-state index contributed by atoms with van der Waals surface area (Å²) >= 11 is 5.88. The van der Waals surface area contributed by atoms with Gasteiger partial charge in [-0.3, -0.25) is 4.68 Å². The Kier molecular flexibility index (Phi) is 5.01. The number of aromatic nitrogens is 2. The summed E-state index contributed by atoms with van der Waals surface area (Å²) < 4.78 is 34.1. The normalized spacial score (nSPS) is 14.7. The van der Waals surface area contributed by atoms with Gasteiger partial charge in [0, 0.05) is 29.2 Å². The summed E-state index contributed by atoms with van der Waals surface area (Å²) in [5.74, 6) is -0.0847. The van der Waals surface area contributed by atoms with Gasteiger partial charge in [0.2, 0.25) is 10.0 Å². The lowest BCUT2D eigenvalue weighted by Crippen LogP contribution is -2.29. The number of nitrogens with zero attached hydrogens (tertiary/aromatic N) is 2. The third-order valence-corrected chi connectivity index (χ3v) is 5.26. The van der Waals surface area contributed by atoms with E-state index in [-0.39, 0.29) is 5.75 Å². The molecule has 1 aliphatic heterocycles. The topological polar surface area (TPSA) is 73.2 Å². The number of hydrogen-bond acceptors (Lipinski definition) is 4. The lowest BCUT2D eigenvalue weighted by atomic mass is 10.2. The highest BCUT2D eigenvalue weighted by atomic mass is 35.5. The number of fused-ring (bicyclic) bond motifs is 1. The van der Waals surface area contributed by atoms with Gasteiger partial charge in [-0.25, -0.2) is 13.1 Å². The van der Waals surface area contributed by atoms with Crippen LogP contribution in [0.4, 0.5) is 0 Å². The van der Waals surface area contributed by atoms with Crippen LogP contribution in [0.1, 0.15) is 16.8 Å². The van der Waals surface area contributed by atoms with Gasteiger partial charge in [-0.1, -0.05) is 23.7 Å². The Morgan fingerprint density at radius 2 is 2.26 bits per heavy atom. The first-order valence-corrected chi connectivity index (χ1v) is 9.39. The fraction of sp³-hybridized carbons (Fsp3) is 0.400. The molecule has 8 heteroatoms. The van der Waals surface area contributed by atoms with Gasteiger partial charge in [-0.05, 0) is 17.7 Å². The molecule has 0 fully saturated rings. The van der Waals surface area contributed by atoms with Crippen molar-refractivity contribution in [3.63, 3.8) is 0 Å². The van der Waals surface area contributed by atoms with Gasteiger partial charge < -0.3 is 4.74 Å². The molecular weight excluding hydrogens is 338 g/mol. The van der Waals surface area contributed by atoms with E-state index in [2.05, 4.69) is 9.82 Å². The fourth-order valence-electron chi connectivity index (χ4n) is 2.61. The van der Waals surface area contributed by atoms with E-state index in [0.29, 0.717) is 36.9 Å². The maximum absolute atomic E-state index is 12.1. The predicted molar refractivity (Wildman–Crippen MR) is 87.7 cm³/mol. The minimum atomic E-state index is -3.40. The molecule has 0 aliphatic carbocycles. The molecule has 0 unspecified atom stereocenters. The number of sulfonamides is 1. The minimum absolute atomic E-state index is 0.0847. The SMILES string of the molecule is O=S(=O)(Cc1cccc(Cl)c1)NCCn1ncc2c1CCOC2. The van der Waals surface area contributed by atoms with Crippen LogP contribution < -0.4 is 4.72 Å². The van der Waals surface area contributed by atoms with E-state index in [0.717, 1.165) is 17.7 Å². The number of halogens is 1. The molecular formula is C15H18ClN3O3S. The van der Waals surface area contributed by atoms with Crippen molar-refractivity contribution in [3.8, 4) is 0 Å². The fourth-order valence-corrected chi connectivity index (χ4v) is 3.94. The molecule has 0 atom stereocenters. The number of hydrogen-bond donors (Lipinski definition) is 1. The Hall–Kier alpha value is -1.41. The lowest BCUT2D eigenvalue weighted by Gasteiger charge is -2.15. The Morgan fingerprint density at radius 3 is 3.09 bits per heavy atom. The van der Waals surface area contributed by atoms with Crippen LogP contribution in [0.3, 0.4) is 0 Å². The summed E-state index contributed by atoms with van der Waals surface area (Å²) in [4.78, 5) is 0. The first-order chi connectivity index (χ1) is 11.0. The van der Waals surface area contributed by atoms with Crippen molar-refractivity contribution >= 4 is 21.6 Å². The van der Waals surface area contributed by atoms with Crippen LogP contribution >= 0.6 is 11.6 Å². The van der Waals surface area contributed by atoms with Crippen molar-refractivity contribution in [2.75, 3.05) is 13.2 Å². The van der Waals surface area contributed by atoms with Gasteiger partial charge in [-0.15, -0.1) is 0 Å². The van der Waals surface area contributed by atoms with Crippen molar-refractivity contribution < 1.29 is 13.2 Å². The molecule has 1 aromatic heterocycles. The van der Waals surface area contributed by atoms with Gasteiger partial charge in [0.05, 0.1) is 31.7 Å². The van der Waals surface area contributed by atoms with E-state index in [4.69, 9.17) is 16.3 Å². The first-order valence-electron chi connectivity index (χ1n) is 7.36. The number of ether oxygens (including phenoxy) is 1. The van der Waals surface area contributed by atoms with Gasteiger partial charge in [0.1, 0.15) is 0 Å². The predicted octanol–water partition coefficient (Wildman–Crippen LogP) is 1.73. The zero-order chi connectivity index (χ0) is 16.3. The lowest BCUT2D eigenvalue weighted by molar-refractivity contribution is 0.109. The first kappa shape index (κ1) is 16.4. The molecule has 1 N–H and O–H groups in total. The van der Waals surface area contributed by atoms with Crippen molar-refractivity contribution in [1.29, 1.82) is 0 Å². The van der Waals surface area contributed by atoms with Crippen LogP contribution in [0.25, 0.3) is 0 Å². The molecule has 2 aromatic rings. The maximum Gasteiger partial charge on any atom is 0.215 e. The number of benzene rings is 1. The van der Waals surface area contributed by atoms with E-state index in [1.54, 1.807) is 30.5 Å². The zero-order valence-electron chi connectivity index (χ0n) is 12.5. The Balaban J connectivity index is 1.56. The quantitative estimate of drug-likeness (QED) is 0.856. The number of nitrogens with one attached hydrogen (secondary N) is 1. The Morgan fingerprint density at radius 1 is 1.39 bits per heavy atom. The molecule has 3 rings (SSSR count). The molecule has 0 bridgehead atoms. The molecule has 23 heavy (non-hydrogen) atoms. The second kappa shape index (κ2) is 7.00. The average Bonchev–Trinajstić information content (AvgIpc) is 2.90. The van der Waals surface area contributed by atoms with Crippen LogP contribution in [0.15, 0.2) is 30.5 Å². The summed E-state index contributed by atoms with van der Waals surface area (Å²) in [7, 11) is -3.40. The third kappa shape index (κ3) is 4.32. The monoisotopic (exact) mass is 355 g/mol. The molecule has 124 valence electrons. The summed E-state index contributed by atoms with van der Waals surface area (Å²) in [5, 5.41) is 4.83. The van der Waals surface area contributed by atoms with E-state index in [1.807, 2.05) is 4.68 Å². The third-order valence-electron chi connectivity index (χ3n) is 3.67. The van der Waals surface area contributed by atoms with Gasteiger partial charge in [0.25, 0.3) is 0 Å². The second-order valence-corrected chi connectivity index (χ2v) is 7.67. The summed E-state index contributed by atoms with van der Waals surface area (Å²) in [6.07, 6.45) is 2.60. The van der Waals surface area contributed by atoms with Crippen molar-refractivity contribution in [3.05, 3.63) is 52.3 Å². The molecule has 1 aliphatic rings. The molecule has 0 saturated carbocycles. The average molecular weight is 356 g/mol. The summed E-state index contributed by atoms with van der Waals surface area (Å²) in [5.41, 5.74) is 2.88. The molecule has 0 saturated heterocycles. The molecule has 6 nitrogen and oxygen atoms in total. The molecule has 0 radical (unpaired) electrons. The van der Waals surface area contributed by atoms with E-state index >= 15 is 0 Å². The maximum atomic E-state index is 12.1. The zero-order valence-corrected chi connectivity index (χ0v) is 14.1. The van der Waals surface area contributed by atoms with Crippen LogP contribution in [0.2, 0.25) is 5.02 Å². The number of rotatable bonds is 6. The molecule has 2 heterocycles. The summed E-state index contributed by atoms with van der Waals surface area (Å²) in [6, 6.07) is 6.86. The van der Waals surface area contributed by atoms with Crippen LogP contribution in [0, 0.1) is 0 Å². The molecule has 0 spiro atoms. The highest BCUT2D eigenvalue weighted by Crippen LogP contribution is 2.16. The molecule has 1 aromatic carbocycles. The van der Waals surface area contributed by atoms with E-state index in [9.17, 15) is 8.42 Å². The minimum Gasteiger partial charge on any atom is -0.376 e. The standard InChI is InChI=1S/C15H18ClN3O3S/c16-14-3-1-2-12(8-14)11-23(20,21)18-5-6-19-15-4-7-22-10-13(15)9-17-19/h1-3,8-9,18H,4-7,10-11H2.